The maximum Gasteiger partial charge on any atom is 0.266 e. The van der Waals surface area contributed by atoms with Crippen LogP contribution in [0.5, 0.6) is 5.75 Å². The van der Waals surface area contributed by atoms with Gasteiger partial charge in [0.25, 0.3) is 5.91 Å². The van der Waals surface area contributed by atoms with Crippen molar-refractivity contribution in [3.8, 4) is 5.75 Å². The summed E-state index contributed by atoms with van der Waals surface area (Å²) in [6.07, 6.45) is 0.720. The van der Waals surface area contributed by atoms with Crippen LogP contribution in [0, 0.1) is 0 Å². The van der Waals surface area contributed by atoms with Gasteiger partial charge in [-0.2, -0.15) is 0 Å². The topological polar surface area (TPSA) is 141 Å². The van der Waals surface area contributed by atoms with Gasteiger partial charge in [0.15, 0.2) is 5.54 Å². The smallest absolute Gasteiger partial charge is 0.266 e. The van der Waals surface area contributed by atoms with Crippen LogP contribution in [0.3, 0.4) is 0 Å². The second kappa shape index (κ2) is 12.5. The Morgan fingerprint density at radius 1 is 1.11 bits per heavy atom. The fourth-order valence-electron chi connectivity index (χ4n) is 3.89. The predicted molar refractivity (Wildman–Crippen MR) is 139 cm³/mol. The first-order chi connectivity index (χ1) is 18.1. The highest BCUT2D eigenvalue weighted by Crippen LogP contribution is 2.31. The van der Waals surface area contributed by atoms with E-state index in [1.165, 1.54) is 0 Å². The van der Waals surface area contributed by atoms with E-state index in [1.54, 1.807) is 24.3 Å². The van der Waals surface area contributed by atoms with E-state index in [-0.39, 0.29) is 25.5 Å². The minimum absolute atomic E-state index is 0.0144. The molecule has 1 aliphatic heterocycles. The second-order valence-electron chi connectivity index (χ2n) is 8.48. The third-order valence-electron chi connectivity index (χ3n) is 5.82. The van der Waals surface area contributed by atoms with Crippen molar-refractivity contribution in [2.45, 2.75) is 24.9 Å². The average molecular weight is 501 g/mol. The maximum absolute atomic E-state index is 13.5. The number of nitrogens with zero attached hydrogens (tertiary/aromatic N) is 4. The number of hydrogen-bond acceptors (Lipinski definition) is 7. The zero-order valence-electron chi connectivity index (χ0n) is 20.2. The van der Waals surface area contributed by atoms with Crippen LogP contribution < -0.4 is 15.6 Å². The molecule has 0 saturated heterocycles. The molecule has 37 heavy (non-hydrogen) atoms. The lowest BCUT2D eigenvalue weighted by atomic mass is 9.91. The molecule has 10 nitrogen and oxygen atoms in total. The molecule has 0 unspecified atom stereocenters. The first-order valence-corrected chi connectivity index (χ1v) is 11.9. The van der Waals surface area contributed by atoms with Gasteiger partial charge >= 0.3 is 0 Å². The van der Waals surface area contributed by atoms with Gasteiger partial charge in [-0.15, -0.1) is 0 Å². The molecule has 3 aromatic carbocycles. The molecule has 1 heterocycles. The minimum Gasteiger partial charge on any atom is -0.494 e. The minimum atomic E-state index is -1.28. The summed E-state index contributed by atoms with van der Waals surface area (Å²) in [4.78, 5) is 21.2. The van der Waals surface area contributed by atoms with Gasteiger partial charge in [0.2, 0.25) is 5.90 Å². The van der Waals surface area contributed by atoms with Gasteiger partial charge in [0.1, 0.15) is 12.4 Å². The van der Waals surface area contributed by atoms with E-state index in [4.69, 9.17) is 25.1 Å². The molecular weight excluding hydrogens is 472 g/mol. The summed E-state index contributed by atoms with van der Waals surface area (Å²) in [5, 5.41) is 12.7. The standard InChI is InChI=1S/C27H28N6O4/c28-33-31-24-10-5-4-9-22(24)17-27(26(35)32-29-18-20-7-2-1-3-8-20)19-37-25(30-27)21-11-13-23(14-12-21)36-16-6-15-34/h1-5,7-14,29,34H,6,15-19H2,(H,32,35)/t27-/m0/s1. The highest BCUT2D eigenvalue weighted by atomic mass is 16.5. The molecule has 1 aliphatic rings. The number of amides is 1. The number of aliphatic imine (C=N–C) groups is 1. The molecule has 0 bridgehead atoms. The summed E-state index contributed by atoms with van der Waals surface area (Å²) in [6, 6.07) is 24.0. The van der Waals surface area contributed by atoms with Gasteiger partial charge < -0.3 is 14.6 Å². The summed E-state index contributed by atoms with van der Waals surface area (Å²) in [5.74, 6) is 0.632. The van der Waals surface area contributed by atoms with Crippen LogP contribution in [0.1, 0.15) is 23.1 Å². The van der Waals surface area contributed by atoms with E-state index in [1.807, 2.05) is 54.6 Å². The number of aliphatic hydroxyl groups excluding tert-OH is 1. The second-order valence-corrected chi connectivity index (χ2v) is 8.48. The van der Waals surface area contributed by atoms with Crippen molar-refractivity contribution < 1.29 is 19.4 Å². The molecule has 3 N–H and O–H groups in total. The van der Waals surface area contributed by atoms with Gasteiger partial charge in [-0.25, -0.2) is 10.4 Å². The zero-order chi connectivity index (χ0) is 25.9. The third kappa shape index (κ3) is 6.65. The van der Waals surface area contributed by atoms with Crippen LogP contribution in [0.15, 0.2) is 89.0 Å². The molecule has 190 valence electrons. The molecule has 0 aliphatic carbocycles. The van der Waals surface area contributed by atoms with Crippen LogP contribution in [-0.2, 0) is 22.5 Å². The van der Waals surface area contributed by atoms with Crippen LogP contribution >= 0.6 is 0 Å². The Kier molecular flexibility index (Phi) is 8.72. The lowest BCUT2D eigenvalue weighted by Crippen LogP contribution is -2.52. The van der Waals surface area contributed by atoms with Crippen molar-refractivity contribution in [3.63, 3.8) is 0 Å². The predicted octanol–water partition coefficient (Wildman–Crippen LogP) is 3.97. The molecule has 0 radical (unpaired) electrons. The Morgan fingerprint density at radius 2 is 1.86 bits per heavy atom. The summed E-state index contributed by atoms with van der Waals surface area (Å²) in [7, 11) is 0. The van der Waals surface area contributed by atoms with Gasteiger partial charge in [-0.1, -0.05) is 59.7 Å². The van der Waals surface area contributed by atoms with Crippen molar-refractivity contribution in [2.24, 2.45) is 10.1 Å². The fraction of sp³-hybridized carbons (Fsp3) is 0.259. The summed E-state index contributed by atoms with van der Waals surface area (Å²) < 4.78 is 11.5. The number of nitrogens with one attached hydrogen (secondary N) is 2. The SMILES string of the molecule is [N-]=[N+]=Nc1ccccc1C[C@@]1(C(=O)NNCc2ccccc2)COC(c2ccc(OCCCO)cc2)=N1. The fourth-order valence-corrected chi connectivity index (χ4v) is 3.89. The molecular formula is C27H28N6O4. The Bertz CT molecular complexity index is 1280. The summed E-state index contributed by atoms with van der Waals surface area (Å²) >= 11 is 0. The summed E-state index contributed by atoms with van der Waals surface area (Å²) in [6.45, 7) is 0.931. The Balaban J connectivity index is 1.57. The highest BCUT2D eigenvalue weighted by Gasteiger charge is 2.45. The molecule has 0 spiro atoms. The lowest BCUT2D eigenvalue weighted by molar-refractivity contribution is -0.127. The van der Waals surface area contributed by atoms with E-state index in [2.05, 4.69) is 20.9 Å². The number of carbonyl (C=O) groups excluding carboxylic acids is 1. The van der Waals surface area contributed by atoms with Crippen LogP contribution in [-0.4, -0.2) is 42.3 Å². The van der Waals surface area contributed by atoms with Gasteiger partial charge in [-0.05, 0) is 40.9 Å². The van der Waals surface area contributed by atoms with E-state index in [0.29, 0.717) is 48.0 Å². The van der Waals surface area contributed by atoms with Crippen molar-refractivity contribution >= 4 is 17.5 Å². The van der Waals surface area contributed by atoms with Gasteiger partial charge in [0.05, 0.1) is 6.61 Å². The number of azide groups is 1. The monoisotopic (exact) mass is 500 g/mol. The van der Waals surface area contributed by atoms with Gasteiger partial charge in [0, 0.05) is 42.2 Å². The van der Waals surface area contributed by atoms with E-state index >= 15 is 0 Å². The molecule has 4 rings (SSSR count). The first kappa shape index (κ1) is 25.7. The van der Waals surface area contributed by atoms with E-state index in [0.717, 1.165) is 5.56 Å². The normalized spacial score (nSPS) is 16.3. The average Bonchev–Trinajstić information content (AvgIpc) is 3.36. The van der Waals surface area contributed by atoms with E-state index < -0.39 is 5.54 Å². The van der Waals surface area contributed by atoms with Crippen LogP contribution in [0.2, 0.25) is 0 Å². The van der Waals surface area contributed by atoms with Crippen LogP contribution in [0.25, 0.3) is 10.4 Å². The Morgan fingerprint density at radius 3 is 2.62 bits per heavy atom. The third-order valence-corrected chi connectivity index (χ3v) is 5.82. The van der Waals surface area contributed by atoms with Crippen molar-refractivity contribution in [3.05, 3.63) is 106 Å². The Labute approximate surface area is 214 Å². The largest absolute Gasteiger partial charge is 0.494 e. The molecule has 0 aromatic heterocycles. The number of hydrogen-bond donors (Lipinski definition) is 3. The number of benzene rings is 3. The number of carbonyl (C=O) groups is 1. The zero-order valence-corrected chi connectivity index (χ0v) is 20.2. The molecule has 1 amide bonds. The number of hydrazine groups is 1. The number of ether oxygens (including phenoxy) is 2. The molecule has 3 aromatic rings. The summed E-state index contributed by atoms with van der Waals surface area (Å²) in [5.41, 5.74) is 16.3. The molecule has 0 fully saturated rings. The Hall–Kier alpha value is -4.37. The highest BCUT2D eigenvalue weighted by molar-refractivity contribution is 6.00. The molecule has 0 saturated carbocycles. The van der Waals surface area contributed by atoms with Crippen molar-refractivity contribution in [1.29, 1.82) is 0 Å². The van der Waals surface area contributed by atoms with E-state index in [9.17, 15) is 4.79 Å². The molecule has 10 heteroatoms. The quantitative estimate of drug-likeness (QED) is 0.113. The first-order valence-electron chi connectivity index (χ1n) is 11.9. The van der Waals surface area contributed by atoms with Gasteiger partial charge in [-0.3, -0.25) is 10.2 Å². The maximum atomic E-state index is 13.5. The number of rotatable bonds is 12. The molecule has 1 atom stereocenters. The van der Waals surface area contributed by atoms with Crippen molar-refractivity contribution in [1.82, 2.24) is 10.9 Å². The van der Waals surface area contributed by atoms with Crippen molar-refractivity contribution in [2.75, 3.05) is 19.8 Å². The van der Waals surface area contributed by atoms with Crippen LogP contribution in [0.4, 0.5) is 5.69 Å². The lowest BCUT2D eigenvalue weighted by Gasteiger charge is -2.24. The number of aliphatic hydroxyl groups is 1.